The van der Waals surface area contributed by atoms with Crippen LogP contribution in [0.3, 0.4) is 0 Å². The Balaban J connectivity index is 1.93. The van der Waals surface area contributed by atoms with E-state index in [4.69, 9.17) is 21.6 Å². The predicted octanol–water partition coefficient (Wildman–Crippen LogP) is 5.39. The number of aromatic nitrogens is 4. The van der Waals surface area contributed by atoms with E-state index >= 15 is 0 Å². The van der Waals surface area contributed by atoms with Crippen LogP contribution in [0.15, 0.2) is 48.5 Å². The van der Waals surface area contributed by atoms with Crippen molar-refractivity contribution in [2.45, 2.75) is 27.2 Å². The molecule has 27 heavy (non-hydrogen) atoms. The van der Waals surface area contributed by atoms with Gasteiger partial charge in [0.25, 0.3) is 0 Å². The Kier molecular flexibility index (Phi) is 4.54. The molecule has 0 aliphatic carbocycles. The summed E-state index contributed by atoms with van der Waals surface area (Å²) in [6.45, 7) is 6.11. The Morgan fingerprint density at radius 2 is 1.81 bits per heavy atom. The third-order valence-electron chi connectivity index (χ3n) is 4.47. The number of aryl methyl sites for hydroxylation is 3. The lowest BCUT2D eigenvalue weighted by Gasteiger charge is -2.15. The molecule has 4 rings (SSSR count). The first-order valence-corrected chi connectivity index (χ1v) is 9.29. The summed E-state index contributed by atoms with van der Waals surface area (Å²) in [7, 11) is 0. The average Bonchev–Trinajstić information content (AvgIpc) is 3.00. The first kappa shape index (κ1) is 17.5. The number of fused-ring (bicyclic) bond motifs is 1. The molecule has 0 amide bonds. The highest BCUT2D eigenvalue weighted by Gasteiger charge is 2.15. The number of rotatable bonds is 4. The summed E-state index contributed by atoms with van der Waals surface area (Å²) in [5.74, 6) is 1.32. The Labute approximate surface area is 163 Å². The molecule has 0 radical (unpaired) electrons. The third kappa shape index (κ3) is 3.38. The van der Waals surface area contributed by atoms with E-state index in [-0.39, 0.29) is 0 Å². The normalized spacial score (nSPS) is 11.1. The summed E-state index contributed by atoms with van der Waals surface area (Å²) in [4.78, 5) is 9.64. The van der Waals surface area contributed by atoms with Gasteiger partial charge in [0.15, 0.2) is 11.6 Å². The molecular formula is C21H20ClN5. The SMILES string of the molecule is CCc1ccccc1Nc1nc2ccc(Cl)cc2nc1-n1nc(C)cc1C. The number of nitrogens with zero attached hydrogens (tertiary/aromatic N) is 4. The zero-order valence-electron chi connectivity index (χ0n) is 15.5. The number of para-hydroxylation sites is 1. The van der Waals surface area contributed by atoms with Crippen molar-refractivity contribution in [2.75, 3.05) is 5.32 Å². The van der Waals surface area contributed by atoms with Crippen molar-refractivity contribution in [1.29, 1.82) is 0 Å². The lowest BCUT2D eigenvalue weighted by atomic mass is 10.1. The van der Waals surface area contributed by atoms with Gasteiger partial charge in [-0.2, -0.15) is 5.10 Å². The van der Waals surface area contributed by atoms with Gasteiger partial charge < -0.3 is 5.32 Å². The fraction of sp³-hybridized carbons (Fsp3) is 0.190. The molecule has 0 aliphatic heterocycles. The topological polar surface area (TPSA) is 55.6 Å². The first-order valence-electron chi connectivity index (χ1n) is 8.91. The van der Waals surface area contributed by atoms with Crippen LogP contribution in [0.25, 0.3) is 16.9 Å². The standard InChI is InChI=1S/C21H20ClN5/c1-4-15-7-5-6-8-17(15)23-20-21(27-14(3)11-13(2)26-27)25-19-12-16(22)9-10-18(19)24-20/h5-12H,4H2,1-3H3,(H,23,24). The zero-order valence-corrected chi connectivity index (χ0v) is 16.2. The summed E-state index contributed by atoms with van der Waals surface area (Å²) in [6.07, 6.45) is 0.926. The maximum Gasteiger partial charge on any atom is 0.197 e. The van der Waals surface area contributed by atoms with Crippen molar-refractivity contribution in [3.05, 3.63) is 70.5 Å². The molecular weight excluding hydrogens is 358 g/mol. The van der Waals surface area contributed by atoms with Crippen LogP contribution in [0.1, 0.15) is 23.9 Å². The summed E-state index contributed by atoms with van der Waals surface area (Å²) in [5, 5.41) is 8.69. The van der Waals surface area contributed by atoms with Crippen LogP contribution in [0.2, 0.25) is 5.02 Å². The van der Waals surface area contributed by atoms with Gasteiger partial charge in [-0.25, -0.2) is 14.6 Å². The molecule has 5 nitrogen and oxygen atoms in total. The lowest BCUT2D eigenvalue weighted by molar-refractivity contribution is 0.808. The number of nitrogens with one attached hydrogen (secondary N) is 1. The molecule has 2 aromatic heterocycles. The van der Waals surface area contributed by atoms with Crippen LogP contribution in [-0.2, 0) is 6.42 Å². The van der Waals surface area contributed by atoms with Gasteiger partial charge in [0.05, 0.1) is 16.7 Å². The number of anilines is 2. The molecule has 0 spiro atoms. The van der Waals surface area contributed by atoms with E-state index in [1.165, 1.54) is 5.56 Å². The molecule has 0 saturated carbocycles. The Hall–Kier alpha value is -2.92. The summed E-state index contributed by atoms with van der Waals surface area (Å²) < 4.78 is 1.82. The third-order valence-corrected chi connectivity index (χ3v) is 4.70. The molecule has 0 aliphatic rings. The Morgan fingerprint density at radius 3 is 2.56 bits per heavy atom. The van der Waals surface area contributed by atoms with E-state index in [1.54, 1.807) is 0 Å². The van der Waals surface area contributed by atoms with Crippen LogP contribution in [0.4, 0.5) is 11.5 Å². The van der Waals surface area contributed by atoms with Gasteiger partial charge in [-0.3, -0.25) is 0 Å². The van der Waals surface area contributed by atoms with E-state index in [0.717, 1.165) is 34.5 Å². The molecule has 1 N–H and O–H groups in total. The van der Waals surface area contributed by atoms with E-state index in [2.05, 4.69) is 29.5 Å². The molecule has 0 unspecified atom stereocenters. The summed E-state index contributed by atoms with van der Waals surface area (Å²) >= 11 is 6.16. The minimum atomic E-state index is 0.633. The Morgan fingerprint density at radius 1 is 1.00 bits per heavy atom. The molecule has 0 fully saturated rings. The highest BCUT2D eigenvalue weighted by Crippen LogP contribution is 2.28. The zero-order chi connectivity index (χ0) is 19.0. The van der Waals surface area contributed by atoms with Gasteiger partial charge in [0, 0.05) is 16.4 Å². The molecule has 6 heteroatoms. The molecule has 2 heterocycles. The number of halogens is 1. The molecule has 136 valence electrons. The monoisotopic (exact) mass is 377 g/mol. The van der Waals surface area contributed by atoms with Crippen molar-refractivity contribution >= 4 is 34.1 Å². The maximum atomic E-state index is 6.16. The molecule has 4 aromatic rings. The van der Waals surface area contributed by atoms with E-state index in [9.17, 15) is 0 Å². The van der Waals surface area contributed by atoms with Gasteiger partial charge in [-0.1, -0.05) is 36.7 Å². The van der Waals surface area contributed by atoms with Crippen LogP contribution >= 0.6 is 11.6 Å². The van der Waals surface area contributed by atoms with E-state index < -0.39 is 0 Å². The van der Waals surface area contributed by atoms with Crippen molar-refractivity contribution in [2.24, 2.45) is 0 Å². The van der Waals surface area contributed by atoms with Gasteiger partial charge >= 0.3 is 0 Å². The smallest absolute Gasteiger partial charge is 0.197 e. The summed E-state index contributed by atoms with van der Waals surface area (Å²) in [6, 6.07) is 15.8. The molecule has 0 atom stereocenters. The van der Waals surface area contributed by atoms with E-state index in [1.807, 2.05) is 54.9 Å². The minimum absolute atomic E-state index is 0.633. The fourth-order valence-corrected chi connectivity index (χ4v) is 3.34. The van der Waals surface area contributed by atoms with Crippen molar-refractivity contribution < 1.29 is 0 Å². The lowest BCUT2D eigenvalue weighted by Crippen LogP contribution is -2.09. The highest BCUT2D eigenvalue weighted by atomic mass is 35.5. The maximum absolute atomic E-state index is 6.16. The quantitative estimate of drug-likeness (QED) is 0.518. The first-order chi connectivity index (χ1) is 13.0. The fourth-order valence-electron chi connectivity index (χ4n) is 3.17. The second-order valence-corrected chi connectivity index (χ2v) is 6.94. The van der Waals surface area contributed by atoms with E-state index in [0.29, 0.717) is 16.7 Å². The second kappa shape index (κ2) is 7.00. The molecule has 0 bridgehead atoms. The number of hydrogen-bond acceptors (Lipinski definition) is 4. The van der Waals surface area contributed by atoms with Gasteiger partial charge in [0.2, 0.25) is 0 Å². The van der Waals surface area contributed by atoms with Crippen molar-refractivity contribution in [1.82, 2.24) is 19.7 Å². The van der Waals surface area contributed by atoms with Crippen LogP contribution in [0.5, 0.6) is 0 Å². The summed E-state index contributed by atoms with van der Waals surface area (Å²) in [5.41, 5.74) is 5.68. The van der Waals surface area contributed by atoms with Crippen molar-refractivity contribution in [3.63, 3.8) is 0 Å². The van der Waals surface area contributed by atoms with Gasteiger partial charge in [-0.15, -0.1) is 0 Å². The van der Waals surface area contributed by atoms with Gasteiger partial charge in [-0.05, 0) is 56.2 Å². The molecule has 2 aromatic carbocycles. The van der Waals surface area contributed by atoms with Crippen LogP contribution in [-0.4, -0.2) is 19.7 Å². The molecule has 0 saturated heterocycles. The van der Waals surface area contributed by atoms with Crippen LogP contribution in [0, 0.1) is 13.8 Å². The minimum Gasteiger partial charge on any atom is -0.337 e. The highest BCUT2D eigenvalue weighted by molar-refractivity contribution is 6.31. The van der Waals surface area contributed by atoms with Gasteiger partial charge in [0.1, 0.15) is 0 Å². The largest absolute Gasteiger partial charge is 0.337 e. The number of benzene rings is 2. The predicted molar refractivity (Wildman–Crippen MR) is 110 cm³/mol. The Bertz CT molecular complexity index is 1130. The van der Waals surface area contributed by atoms with Crippen LogP contribution < -0.4 is 5.32 Å². The number of hydrogen-bond donors (Lipinski definition) is 1. The second-order valence-electron chi connectivity index (χ2n) is 6.50. The average molecular weight is 378 g/mol. The van der Waals surface area contributed by atoms with Crippen molar-refractivity contribution in [3.8, 4) is 5.82 Å².